The Kier molecular flexibility index (Phi) is 10.6. The first-order valence-electron chi connectivity index (χ1n) is 19.9. The van der Waals surface area contributed by atoms with Crippen molar-refractivity contribution in [3.05, 3.63) is 97.5 Å². The van der Waals surface area contributed by atoms with Gasteiger partial charge in [-0.3, -0.25) is 19.2 Å². The summed E-state index contributed by atoms with van der Waals surface area (Å²) in [6.07, 6.45) is 1.17. The number of ether oxygens (including phenoxy) is 1. The number of benzene rings is 3. The van der Waals surface area contributed by atoms with Gasteiger partial charge in [0.05, 0.1) is 40.6 Å². The topological polar surface area (TPSA) is 118 Å². The Bertz CT molecular complexity index is 2710. The minimum Gasteiger partial charge on any atom is -0.494 e. The smallest absolute Gasteiger partial charge is 0.352 e. The van der Waals surface area contributed by atoms with Gasteiger partial charge in [0.15, 0.2) is 0 Å². The maximum Gasteiger partial charge on any atom is 0.352 e. The first kappa shape index (κ1) is 40.5. The Morgan fingerprint density at radius 2 is 1.68 bits per heavy atom. The van der Waals surface area contributed by atoms with Crippen molar-refractivity contribution in [2.75, 3.05) is 44.7 Å². The van der Waals surface area contributed by atoms with Crippen molar-refractivity contribution >= 4 is 68.5 Å². The zero-order valence-corrected chi connectivity index (χ0v) is 36.3. The Morgan fingerprint density at radius 1 is 0.949 bits per heavy atom. The molecule has 12 nitrogen and oxygen atoms in total. The molecule has 0 saturated carbocycles. The molecule has 14 heteroatoms. The molecule has 1 N–H and O–H groups in total. The number of aryl methyl sites for hydroxylation is 6. The van der Waals surface area contributed by atoms with E-state index in [1.807, 2.05) is 87.8 Å². The van der Waals surface area contributed by atoms with E-state index in [9.17, 15) is 14.7 Å². The summed E-state index contributed by atoms with van der Waals surface area (Å²) >= 11 is 13.6. The number of hydrogen-bond acceptors (Lipinski definition) is 6. The zero-order valence-electron chi connectivity index (χ0n) is 34.7. The van der Waals surface area contributed by atoms with E-state index in [0.29, 0.717) is 72.9 Å². The zero-order chi connectivity index (χ0) is 42.2. The molecular weight excluding hydrogens is 789 g/mol. The van der Waals surface area contributed by atoms with Crippen LogP contribution in [0.25, 0.3) is 32.9 Å². The number of fused-ring (bicyclic) bond motifs is 4. The van der Waals surface area contributed by atoms with Gasteiger partial charge in [-0.05, 0) is 106 Å². The lowest BCUT2D eigenvalue weighted by Gasteiger charge is -2.35. The molecule has 59 heavy (non-hydrogen) atoms. The standard InChI is InChI=1S/C45H49Cl2N7O5/c1-24-16-31(17-25(2)40(24)47)59-15-9-10-32-33-11-12-34(46)39(38-27(4)48-51(8)28(38)5)42(33)54-26(3)21-53(44(56)43(32)54)35-19-29(22-52-14-13-49(6)37(55)23-52)18-30-20-36(45(57)58)50(7)41(30)35/h11-12,16-20,26H,9-10,13-15,21-23H2,1-8H3,(H,57,58). The quantitative estimate of drug-likeness (QED) is 0.138. The fourth-order valence-corrected chi connectivity index (χ4v) is 9.54. The predicted molar refractivity (Wildman–Crippen MR) is 233 cm³/mol. The number of aromatic carboxylic acids is 1. The van der Waals surface area contributed by atoms with Crippen LogP contribution < -0.4 is 9.64 Å². The van der Waals surface area contributed by atoms with E-state index in [1.165, 1.54) is 0 Å². The van der Waals surface area contributed by atoms with Crippen molar-refractivity contribution in [1.29, 1.82) is 0 Å². The van der Waals surface area contributed by atoms with Crippen molar-refractivity contribution in [1.82, 2.24) is 28.7 Å². The van der Waals surface area contributed by atoms with E-state index in [2.05, 4.69) is 16.4 Å². The minimum absolute atomic E-state index is 0.0470. The number of anilines is 1. The van der Waals surface area contributed by atoms with Crippen molar-refractivity contribution < 1.29 is 24.2 Å². The van der Waals surface area contributed by atoms with Gasteiger partial charge in [-0.15, -0.1) is 0 Å². The van der Waals surface area contributed by atoms with Crippen LogP contribution in [0.15, 0.2) is 42.5 Å². The van der Waals surface area contributed by atoms with Crippen LogP contribution in [0.1, 0.15) is 74.0 Å². The number of amides is 2. The molecule has 8 rings (SSSR count). The molecule has 1 saturated heterocycles. The average molecular weight is 839 g/mol. The molecule has 0 bridgehead atoms. The van der Waals surface area contributed by atoms with Gasteiger partial charge >= 0.3 is 5.97 Å². The van der Waals surface area contributed by atoms with E-state index < -0.39 is 5.97 Å². The van der Waals surface area contributed by atoms with Gasteiger partial charge in [-0.1, -0.05) is 29.3 Å². The summed E-state index contributed by atoms with van der Waals surface area (Å²) in [6.45, 7) is 12.9. The number of rotatable bonds is 10. The molecule has 2 aliphatic rings. The average Bonchev–Trinajstić information content (AvgIpc) is 3.79. The highest BCUT2D eigenvalue weighted by atomic mass is 35.5. The lowest BCUT2D eigenvalue weighted by Crippen LogP contribution is -2.48. The molecule has 3 aromatic carbocycles. The SMILES string of the molecule is Cc1cc(OCCCc2c3n(c4c(-c5c(C)nn(C)c5C)c(Cl)ccc24)C(C)CN(c2cc(CN4CCN(C)C(=O)C4)cc4cc(C(=O)O)n(C)c24)C3=O)cc(C)c1Cl. The van der Waals surface area contributed by atoms with Gasteiger partial charge in [0.2, 0.25) is 5.91 Å². The summed E-state index contributed by atoms with van der Waals surface area (Å²) in [7, 11) is 5.45. The van der Waals surface area contributed by atoms with Gasteiger partial charge in [-0.25, -0.2) is 4.79 Å². The molecule has 1 fully saturated rings. The summed E-state index contributed by atoms with van der Waals surface area (Å²) in [5.41, 5.74) is 10.1. The van der Waals surface area contributed by atoms with Crippen LogP contribution in [0.2, 0.25) is 10.0 Å². The van der Waals surface area contributed by atoms with Gasteiger partial charge < -0.3 is 28.8 Å². The first-order chi connectivity index (χ1) is 28.0. The molecule has 0 spiro atoms. The lowest BCUT2D eigenvalue weighted by molar-refractivity contribution is -0.134. The molecular formula is C45H49Cl2N7O5. The summed E-state index contributed by atoms with van der Waals surface area (Å²) < 4.78 is 11.9. The molecule has 308 valence electrons. The number of piperazine rings is 1. The molecule has 1 atom stereocenters. The van der Waals surface area contributed by atoms with Gasteiger partial charge in [0.1, 0.15) is 17.1 Å². The number of hydrogen-bond donors (Lipinski definition) is 1. The van der Waals surface area contributed by atoms with Crippen LogP contribution in [0.3, 0.4) is 0 Å². The highest BCUT2D eigenvalue weighted by Crippen LogP contribution is 2.46. The molecule has 6 aromatic rings. The van der Waals surface area contributed by atoms with Crippen molar-refractivity contribution in [2.45, 2.75) is 60.0 Å². The second-order valence-corrected chi connectivity index (χ2v) is 17.0. The van der Waals surface area contributed by atoms with Gasteiger partial charge in [0.25, 0.3) is 5.91 Å². The first-order valence-corrected chi connectivity index (χ1v) is 20.7. The van der Waals surface area contributed by atoms with Crippen LogP contribution in [-0.4, -0.2) is 91.4 Å². The number of carboxylic acid groups (broad SMARTS) is 1. The van der Waals surface area contributed by atoms with Crippen molar-refractivity contribution in [2.24, 2.45) is 14.1 Å². The molecule has 2 aliphatic heterocycles. The molecule has 0 radical (unpaired) electrons. The fraction of sp³-hybridized carbons (Fsp3) is 0.378. The van der Waals surface area contributed by atoms with Crippen molar-refractivity contribution in [3.63, 3.8) is 0 Å². The predicted octanol–water partition coefficient (Wildman–Crippen LogP) is 8.28. The number of nitrogens with zero attached hydrogens (tertiary/aromatic N) is 7. The number of aromatic nitrogens is 4. The van der Waals surface area contributed by atoms with Crippen LogP contribution in [0, 0.1) is 27.7 Å². The third-order valence-electron chi connectivity index (χ3n) is 12.2. The Labute approximate surface area is 353 Å². The minimum atomic E-state index is -1.06. The summed E-state index contributed by atoms with van der Waals surface area (Å²) in [6, 6.07) is 13.2. The molecule has 0 aliphatic carbocycles. The Morgan fingerprint density at radius 3 is 2.34 bits per heavy atom. The monoisotopic (exact) mass is 837 g/mol. The number of halogens is 2. The maximum absolute atomic E-state index is 15.5. The van der Waals surface area contributed by atoms with Gasteiger partial charge in [0, 0.05) is 86.0 Å². The fourth-order valence-electron chi connectivity index (χ4n) is 9.18. The maximum atomic E-state index is 15.5. The second-order valence-electron chi connectivity index (χ2n) is 16.2. The van der Waals surface area contributed by atoms with Gasteiger partial charge in [-0.2, -0.15) is 5.10 Å². The van der Waals surface area contributed by atoms with E-state index >= 15 is 4.79 Å². The normalized spacial score (nSPS) is 16.2. The number of carbonyl (C=O) groups excluding carboxylic acids is 2. The van der Waals surface area contributed by atoms with Crippen molar-refractivity contribution in [3.8, 4) is 16.9 Å². The lowest BCUT2D eigenvalue weighted by atomic mass is 9.98. The van der Waals surface area contributed by atoms with Crippen LogP contribution >= 0.6 is 23.2 Å². The van der Waals surface area contributed by atoms with E-state index in [4.69, 9.17) is 33.0 Å². The molecule has 2 amide bonds. The van der Waals surface area contributed by atoms with Crippen LogP contribution in [0.4, 0.5) is 5.69 Å². The number of likely N-dealkylation sites (N-methyl/N-ethyl adjacent to an activating group) is 1. The van der Waals surface area contributed by atoms with Crippen LogP contribution in [-0.2, 0) is 31.9 Å². The van der Waals surface area contributed by atoms with E-state index in [1.54, 1.807) is 22.6 Å². The third kappa shape index (κ3) is 6.94. The van der Waals surface area contributed by atoms with E-state index in [-0.39, 0.29) is 30.1 Å². The Balaban J connectivity index is 1.27. The summed E-state index contributed by atoms with van der Waals surface area (Å²) in [4.78, 5) is 46.3. The molecule has 1 unspecified atom stereocenters. The second kappa shape index (κ2) is 15.4. The Hall–Kier alpha value is -5.30. The summed E-state index contributed by atoms with van der Waals surface area (Å²) in [5.74, 6) is -0.454. The molecule has 3 aromatic heterocycles. The highest BCUT2D eigenvalue weighted by molar-refractivity contribution is 6.35. The molecule has 5 heterocycles. The van der Waals surface area contributed by atoms with E-state index in [0.717, 1.165) is 66.4 Å². The largest absolute Gasteiger partial charge is 0.494 e. The van der Waals surface area contributed by atoms with Crippen LogP contribution in [0.5, 0.6) is 5.75 Å². The number of carboxylic acids is 1. The highest BCUT2D eigenvalue weighted by Gasteiger charge is 2.38. The number of carbonyl (C=O) groups is 3. The summed E-state index contributed by atoms with van der Waals surface area (Å²) in [5, 5.41) is 17.9. The third-order valence-corrected chi connectivity index (χ3v) is 13.1.